The van der Waals surface area contributed by atoms with Crippen molar-refractivity contribution in [2.24, 2.45) is 7.05 Å². The third-order valence-electron chi connectivity index (χ3n) is 2.76. The van der Waals surface area contributed by atoms with Gasteiger partial charge in [0.05, 0.1) is 12.7 Å². The summed E-state index contributed by atoms with van der Waals surface area (Å²) in [5, 5.41) is 20.2. The molecule has 110 valence electrons. The Balaban J connectivity index is 1.76. The molecule has 2 aromatic rings. The van der Waals surface area contributed by atoms with E-state index in [0.29, 0.717) is 6.04 Å². The Kier molecular flexibility index (Phi) is 5.54. The number of hydrogen-bond acceptors (Lipinski definition) is 6. The van der Waals surface area contributed by atoms with E-state index in [-0.39, 0.29) is 0 Å². The van der Waals surface area contributed by atoms with E-state index >= 15 is 0 Å². The van der Waals surface area contributed by atoms with Crippen LogP contribution in [0.5, 0.6) is 0 Å². The van der Waals surface area contributed by atoms with Gasteiger partial charge in [-0.2, -0.15) is 5.10 Å². The molecule has 2 rings (SSSR count). The normalized spacial score (nSPS) is 11.4. The number of thioether (sulfide) groups is 1. The number of nitrogens with one attached hydrogen (secondary N) is 1. The van der Waals surface area contributed by atoms with E-state index in [2.05, 4.69) is 39.8 Å². The highest BCUT2D eigenvalue weighted by atomic mass is 32.2. The molecule has 0 saturated heterocycles. The minimum absolute atomic E-state index is 0.480. The highest BCUT2D eigenvalue weighted by Gasteiger charge is 2.07. The molecule has 0 radical (unpaired) electrons. The fourth-order valence-corrected chi connectivity index (χ4v) is 2.65. The Bertz CT molecular complexity index is 519. The van der Waals surface area contributed by atoms with E-state index in [9.17, 15) is 0 Å². The molecule has 0 fully saturated rings. The highest BCUT2D eigenvalue weighted by Crippen LogP contribution is 2.15. The van der Waals surface area contributed by atoms with Crippen molar-refractivity contribution in [2.75, 3.05) is 12.3 Å². The van der Waals surface area contributed by atoms with E-state index in [0.717, 1.165) is 30.4 Å². The van der Waals surface area contributed by atoms with Gasteiger partial charge in [0.25, 0.3) is 0 Å². The van der Waals surface area contributed by atoms with Crippen LogP contribution >= 0.6 is 11.8 Å². The molecule has 0 bridgehead atoms. The van der Waals surface area contributed by atoms with Gasteiger partial charge in [0.1, 0.15) is 0 Å². The third-order valence-corrected chi connectivity index (χ3v) is 3.71. The van der Waals surface area contributed by atoms with E-state index in [1.165, 1.54) is 5.56 Å². The molecule has 0 aromatic carbocycles. The summed E-state index contributed by atoms with van der Waals surface area (Å²) < 4.78 is 3.67. The van der Waals surface area contributed by atoms with E-state index in [4.69, 9.17) is 0 Å². The van der Waals surface area contributed by atoms with Crippen molar-refractivity contribution in [1.29, 1.82) is 0 Å². The first kappa shape index (κ1) is 15.0. The maximum atomic E-state index is 4.16. The molecule has 0 amide bonds. The van der Waals surface area contributed by atoms with Crippen LogP contribution in [0.1, 0.15) is 19.4 Å². The second-order valence-electron chi connectivity index (χ2n) is 4.91. The predicted molar refractivity (Wildman–Crippen MR) is 78.6 cm³/mol. The standard InChI is InChI=1S/C12H21N7S/c1-10(2)13-5-6-19-12(15-16-17-19)20-7-4-11-8-14-18(3)9-11/h8-10,13H,4-7H2,1-3H3. The fraction of sp³-hybridized carbons (Fsp3) is 0.667. The SMILES string of the molecule is CC(C)NCCn1nnnc1SCCc1cnn(C)c1. The van der Waals surface area contributed by atoms with Crippen molar-refractivity contribution >= 4 is 11.8 Å². The summed E-state index contributed by atoms with van der Waals surface area (Å²) in [6, 6.07) is 0.480. The van der Waals surface area contributed by atoms with Crippen molar-refractivity contribution < 1.29 is 0 Å². The van der Waals surface area contributed by atoms with Crippen LogP contribution in [0.2, 0.25) is 0 Å². The lowest BCUT2D eigenvalue weighted by atomic mass is 10.3. The summed E-state index contributed by atoms with van der Waals surface area (Å²) in [7, 11) is 1.93. The Morgan fingerprint density at radius 2 is 2.25 bits per heavy atom. The zero-order chi connectivity index (χ0) is 14.4. The molecule has 0 unspecified atom stereocenters. The van der Waals surface area contributed by atoms with Gasteiger partial charge in [-0.3, -0.25) is 4.68 Å². The summed E-state index contributed by atoms with van der Waals surface area (Å²) in [6.07, 6.45) is 4.90. The van der Waals surface area contributed by atoms with Gasteiger partial charge < -0.3 is 5.32 Å². The number of nitrogens with zero attached hydrogens (tertiary/aromatic N) is 6. The average Bonchev–Trinajstić information content (AvgIpc) is 2.99. The Labute approximate surface area is 123 Å². The van der Waals surface area contributed by atoms with Crippen molar-refractivity contribution in [3.05, 3.63) is 18.0 Å². The molecular formula is C12H21N7S. The molecular weight excluding hydrogens is 274 g/mol. The lowest BCUT2D eigenvalue weighted by Gasteiger charge is -2.08. The van der Waals surface area contributed by atoms with E-state index in [1.54, 1.807) is 11.8 Å². The van der Waals surface area contributed by atoms with Crippen LogP contribution in [0, 0.1) is 0 Å². The van der Waals surface area contributed by atoms with Crippen molar-refractivity contribution in [2.45, 2.75) is 38.0 Å². The molecule has 2 aromatic heterocycles. The van der Waals surface area contributed by atoms with Gasteiger partial charge in [0.15, 0.2) is 0 Å². The quantitative estimate of drug-likeness (QED) is 0.724. The minimum atomic E-state index is 0.480. The van der Waals surface area contributed by atoms with Crippen LogP contribution < -0.4 is 5.32 Å². The number of aryl methyl sites for hydroxylation is 2. The topological polar surface area (TPSA) is 73.5 Å². The van der Waals surface area contributed by atoms with Crippen LogP contribution in [0.4, 0.5) is 0 Å². The molecule has 8 heteroatoms. The Hall–Kier alpha value is -1.41. The summed E-state index contributed by atoms with van der Waals surface area (Å²) >= 11 is 1.68. The number of aromatic nitrogens is 6. The van der Waals surface area contributed by atoms with Gasteiger partial charge in [-0.25, -0.2) is 4.68 Å². The van der Waals surface area contributed by atoms with Gasteiger partial charge in [0.2, 0.25) is 5.16 Å². The lowest BCUT2D eigenvalue weighted by molar-refractivity contribution is 0.485. The first-order chi connectivity index (χ1) is 9.65. The zero-order valence-corrected chi connectivity index (χ0v) is 13.0. The molecule has 0 aliphatic rings. The molecule has 0 aliphatic carbocycles. The summed E-state index contributed by atoms with van der Waals surface area (Å²) in [4.78, 5) is 0. The first-order valence-corrected chi connectivity index (χ1v) is 7.73. The number of rotatable bonds is 8. The molecule has 1 N–H and O–H groups in total. The van der Waals surface area contributed by atoms with Crippen LogP contribution in [0.25, 0.3) is 0 Å². The second kappa shape index (κ2) is 7.39. The van der Waals surface area contributed by atoms with Gasteiger partial charge in [-0.15, -0.1) is 5.10 Å². The fourth-order valence-electron chi connectivity index (χ4n) is 1.76. The van der Waals surface area contributed by atoms with Gasteiger partial charge in [-0.1, -0.05) is 25.6 Å². The zero-order valence-electron chi connectivity index (χ0n) is 12.2. The van der Waals surface area contributed by atoms with Crippen LogP contribution in [-0.4, -0.2) is 48.3 Å². The van der Waals surface area contributed by atoms with Gasteiger partial charge in [0, 0.05) is 31.6 Å². The van der Waals surface area contributed by atoms with Gasteiger partial charge >= 0.3 is 0 Å². The summed E-state index contributed by atoms with van der Waals surface area (Å²) in [5.41, 5.74) is 1.24. The van der Waals surface area contributed by atoms with Crippen molar-refractivity contribution in [3.63, 3.8) is 0 Å². The Morgan fingerprint density at radius 3 is 2.95 bits per heavy atom. The lowest BCUT2D eigenvalue weighted by Crippen LogP contribution is -2.27. The number of hydrogen-bond donors (Lipinski definition) is 1. The third kappa shape index (κ3) is 4.61. The van der Waals surface area contributed by atoms with E-state index < -0.39 is 0 Å². The molecule has 0 aliphatic heterocycles. The maximum absolute atomic E-state index is 4.16. The molecule has 7 nitrogen and oxygen atoms in total. The number of tetrazole rings is 1. The predicted octanol–water partition coefficient (Wildman–Crippen LogP) is 0.739. The van der Waals surface area contributed by atoms with E-state index in [1.807, 2.05) is 28.8 Å². The smallest absolute Gasteiger partial charge is 0.209 e. The molecule has 2 heterocycles. The van der Waals surface area contributed by atoms with Crippen LogP contribution in [-0.2, 0) is 20.0 Å². The highest BCUT2D eigenvalue weighted by molar-refractivity contribution is 7.99. The maximum Gasteiger partial charge on any atom is 0.209 e. The summed E-state index contributed by atoms with van der Waals surface area (Å²) in [6.45, 7) is 5.92. The van der Waals surface area contributed by atoms with Gasteiger partial charge in [-0.05, 0) is 22.4 Å². The first-order valence-electron chi connectivity index (χ1n) is 6.75. The molecule has 0 spiro atoms. The Morgan fingerprint density at radius 1 is 1.40 bits per heavy atom. The van der Waals surface area contributed by atoms with Crippen LogP contribution in [0.3, 0.4) is 0 Å². The average molecular weight is 295 g/mol. The van der Waals surface area contributed by atoms with Crippen molar-refractivity contribution in [1.82, 2.24) is 35.3 Å². The van der Waals surface area contributed by atoms with Crippen LogP contribution in [0.15, 0.2) is 17.6 Å². The molecule has 0 atom stereocenters. The second-order valence-corrected chi connectivity index (χ2v) is 5.98. The molecule has 0 saturated carbocycles. The van der Waals surface area contributed by atoms with Crippen molar-refractivity contribution in [3.8, 4) is 0 Å². The monoisotopic (exact) mass is 295 g/mol. The largest absolute Gasteiger partial charge is 0.313 e. The minimum Gasteiger partial charge on any atom is -0.313 e. The summed E-state index contributed by atoms with van der Waals surface area (Å²) in [5.74, 6) is 0.948. The molecule has 20 heavy (non-hydrogen) atoms.